The van der Waals surface area contributed by atoms with Gasteiger partial charge in [-0.05, 0) is 32.3 Å². The van der Waals surface area contributed by atoms with Crippen molar-refractivity contribution in [1.29, 1.82) is 0 Å². The van der Waals surface area contributed by atoms with Gasteiger partial charge in [-0.15, -0.1) is 11.6 Å². The lowest BCUT2D eigenvalue weighted by Crippen LogP contribution is -2.13. The third kappa shape index (κ3) is 3.88. The van der Waals surface area contributed by atoms with Gasteiger partial charge < -0.3 is 10.1 Å². The van der Waals surface area contributed by atoms with Gasteiger partial charge in [0.25, 0.3) is 0 Å². The van der Waals surface area contributed by atoms with E-state index in [0.717, 1.165) is 18.5 Å². The molecule has 2 rings (SSSR count). The van der Waals surface area contributed by atoms with Crippen molar-refractivity contribution in [2.45, 2.75) is 38.7 Å². The van der Waals surface area contributed by atoms with Gasteiger partial charge in [0.15, 0.2) is 5.75 Å². The summed E-state index contributed by atoms with van der Waals surface area (Å²) in [6.07, 6.45) is 5.21. The third-order valence-corrected chi connectivity index (χ3v) is 2.90. The highest BCUT2D eigenvalue weighted by atomic mass is 35.5. The van der Waals surface area contributed by atoms with Gasteiger partial charge in [-0.3, -0.25) is 9.78 Å². The van der Waals surface area contributed by atoms with Crippen molar-refractivity contribution >= 4 is 23.2 Å². The maximum atomic E-state index is 11.7. The highest BCUT2D eigenvalue weighted by molar-refractivity contribution is 6.18. The van der Waals surface area contributed by atoms with Crippen LogP contribution in [0, 0.1) is 6.92 Å². The monoisotopic (exact) mass is 268 g/mol. The van der Waals surface area contributed by atoms with Crippen LogP contribution in [0.15, 0.2) is 12.3 Å². The molecule has 1 fully saturated rings. The number of rotatable bonds is 6. The molecule has 4 nitrogen and oxygen atoms in total. The smallest absolute Gasteiger partial charge is 0.224 e. The number of aromatic nitrogens is 1. The summed E-state index contributed by atoms with van der Waals surface area (Å²) in [6, 6.07) is 1.83. The zero-order valence-corrected chi connectivity index (χ0v) is 11.2. The molecule has 1 heterocycles. The van der Waals surface area contributed by atoms with Gasteiger partial charge in [0.1, 0.15) is 0 Å². The van der Waals surface area contributed by atoms with E-state index in [4.69, 9.17) is 16.3 Å². The van der Waals surface area contributed by atoms with E-state index in [2.05, 4.69) is 10.3 Å². The van der Waals surface area contributed by atoms with Crippen molar-refractivity contribution in [2.75, 3.05) is 11.2 Å². The van der Waals surface area contributed by atoms with Gasteiger partial charge >= 0.3 is 0 Å². The minimum Gasteiger partial charge on any atom is -0.487 e. The predicted molar refractivity (Wildman–Crippen MR) is 71.2 cm³/mol. The first-order valence-electron chi connectivity index (χ1n) is 6.18. The van der Waals surface area contributed by atoms with Crippen LogP contribution in [0.1, 0.15) is 31.4 Å². The molecule has 1 N–H and O–H groups in total. The Kier molecular flexibility index (Phi) is 4.42. The predicted octanol–water partition coefficient (Wildman–Crippen LogP) is 2.89. The zero-order valence-electron chi connectivity index (χ0n) is 10.4. The summed E-state index contributed by atoms with van der Waals surface area (Å²) >= 11 is 5.57. The fourth-order valence-electron chi connectivity index (χ4n) is 1.54. The lowest BCUT2D eigenvalue weighted by atomic mass is 10.2. The van der Waals surface area contributed by atoms with Crippen molar-refractivity contribution in [3.05, 3.63) is 18.0 Å². The molecule has 0 aliphatic heterocycles. The molecule has 1 saturated carbocycles. The molecule has 0 aromatic carbocycles. The fraction of sp³-hybridized carbons (Fsp3) is 0.538. The van der Waals surface area contributed by atoms with Crippen LogP contribution in [0.4, 0.5) is 5.69 Å². The van der Waals surface area contributed by atoms with E-state index in [1.165, 1.54) is 0 Å². The van der Waals surface area contributed by atoms with Gasteiger partial charge in [0, 0.05) is 18.0 Å². The molecular weight excluding hydrogens is 252 g/mol. The van der Waals surface area contributed by atoms with Gasteiger partial charge in [-0.25, -0.2) is 0 Å². The Morgan fingerprint density at radius 1 is 1.61 bits per heavy atom. The Hall–Kier alpha value is -1.29. The number of carbonyl (C=O) groups excluding carboxylic acids is 1. The van der Waals surface area contributed by atoms with Gasteiger partial charge in [-0.2, -0.15) is 0 Å². The van der Waals surface area contributed by atoms with Crippen molar-refractivity contribution < 1.29 is 9.53 Å². The summed E-state index contributed by atoms with van der Waals surface area (Å²) in [5.74, 6) is 1.11. The van der Waals surface area contributed by atoms with Gasteiger partial charge in [0.05, 0.1) is 18.0 Å². The molecule has 1 aliphatic rings. The standard InChI is InChI=1S/C13H17ClN2O2/c1-9-7-11(16-13(17)3-2-6-14)12(8-15-9)18-10-4-5-10/h7-8,10H,2-6H2,1H3,(H,15,16,17). The van der Waals surface area contributed by atoms with Crippen LogP contribution in [0.2, 0.25) is 0 Å². The summed E-state index contributed by atoms with van der Waals surface area (Å²) in [5.41, 5.74) is 1.56. The number of halogens is 1. The quantitative estimate of drug-likeness (QED) is 0.807. The van der Waals surface area contributed by atoms with E-state index in [1.807, 2.05) is 13.0 Å². The van der Waals surface area contributed by atoms with E-state index in [0.29, 0.717) is 30.2 Å². The van der Waals surface area contributed by atoms with Crippen LogP contribution >= 0.6 is 11.6 Å². The second-order valence-electron chi connectivity index (χ2n) is 4.48. The first-order chi connectivity index (χ1) is 8.69. The molecule has 18 heavy (non-hydrogen) atoms. The Bertz CT molecular complexity index is 433. The maximum Gasteiger partial charge on any atom is 0.224 e. The summed E-state index contributed by atoms with van der Waals surface area (Å²) < 4.78 is 5.71. The summed E-state index contributed by atoms with van der Waals surface area (Å²) in [7, 11) is 0. The lowest BCUT2D eigenvalue weighted by Gasteiger charge is -2.12. The number of nitrogens with zero attached hydrogens (tertiary/aromatic N) is 1. The average Bonchev–Trinajstić information content (AvgIpc) is 3.14. The summed E-state index contributed by atoms with van der Waals surface area (Å²) in [5, 5.41) is 2.86. The van der Waals surface area contributed by atoms with Crippen LogP contribution in [-0.4, -0.2) is 22.9 Å². The molecule has 0 bridgehead atoms. The number of carbonyl (C=O) groups is 1. The lowest BCUT2D eigenvalue weighted by molar-refractivity contribution is -0.116. The van der Waals surface area contributed by atoms with E-state index in [9.17, 15) is 4.79 Å². The minimum atomic E-state index is -0.0399. The van der Waals surface area contributed by atoms with Crippen LogP contribution in [0.25, 0.3) is 0 Å². The molecule has 1 aromatic heterocycles. The Balaban J connectivity index is 2.03. The molecule has 0 atom stereocenters. The fourth-order valence-corrected chi connectivity index (χ4v) is 1.68. The number of aryl methyl sites for hydroxylation is 1. The topological polar surface area (TPSA) is 51.2 Å². The Morgan fingerprint density at radius 3 is 3.06 bits per heavy atom. The Morgan fingerprint density at radius 2 is 2.39 bits per heavy atom. The van der Waals surface area contributed by atoms with E-state index < -0.39 is 0 Å². The molecule has 1 aromatic rings. The van der Waals surface area contributed by atoms with E-state index in [1.54, 1.807) is 6.20 Å². The molecule has 1 aliphatic carbocycles. The number of hydrogen-bond donors (Lipinski definition) is 1. The van der Waals surface area contributed by atoms with E-state index in [-0.39, 0.29) is 12.0 Å². The maximum absolute atomic E-state index is 11.7. The number of pyridine rings is 1. The SMILES string of the molecule is Cc1cc(NC(=O)CCCCl)c(OC2CC2)cn1. The van der Waals surface area contributed by atoms with Crippen LogP contribution in [-0.2, 0) is 4.79 Å². The molecule has 0 spiro atoms. The van der Waals surface area contributed by atoms with Crippen molar-refractivity contribution in [3.63, 3.8) is 0 Å². The average molecular weight is 269 g/mol. The summed E-state index contributed by atoms with van der Waals surface area (Å²) in [4.78, 5) is 15.9. The molecule has 98 valence electrons. The number of alkyl halides is 1. The number of hydrogen-bond acceptors (Lipinski definition) is 3. The minimum absolute atomic E-state index is 0.0399. The van der Waals surface area contributed by atoms with Crippen LogP contribution < -0.4 is 10.1 Å². The molecule has 1 amide bonds. The number of anilines is 1. The molecule has 0 saturated heterocycles. The molecule has 5 heteroatoms. The number of amides is 1. The largest absolute Gasteiger partial charge is 0.487 e. The van der Waals surface area contributed by atoms with Crippen LogP contribution in [0.5, 0.6) is 5.75 Å². The number of nitrogens with one attached hydrogen (secondary N) is 1. The second kappa shape index (κ2) is 6.05. The normalized spacial score (nSPS) is 14.3. The van der Waals surface area contributed by atoms with Crippen LogP contribution in [0.3, 0.4) is 0 Å². The van der Waals surface area contributed by atoms with Gasteiger partial charge in [0.2, 0.25) is 5.91 Å². The first kappa shape index (κ1) is 13.1. The van der Waals surface area contributed by atoms with Crippen molar-refractivity contribution in [1.82, 2.24) is 4.98 Å². The molecular formula is C13H17ClN2O2. The van der Waals surface area contributed by atoms with Crippen molar-refractivity contribution in [3.8, 4) is 5.75 Å². The van der Waals surface area contributed by atoms with E-state index >= 15 is 0 Å². The third-order valence-electron chi connectivity index (χ3n) is 2.63. The highest BCUT2D eigenvalue weighted by Gasteiger charge is 2.25. The molecule has 0 unspecified atom stereocenters. The number of ether oxygens (including phenoxy) is 1. The second-order valence-corrected chi connectivity index (χ2v) is 4.86. The zero-order chi connectivity index (χ0) is 13.0. The first-order valence-corrected chi connectivity index (χ1v) is 6.71. The van der Waals surface area contributed by atoms with Gasteiger partial charge in [-0.1, -0.05) is 0 Å². The van der Waals surface area contributed by atoms with Crippen molar-refractivity contribution in [2.24, 2.45) is 0 Å². The highest BCUT2D eigenvalue weighted by Crippen LogP contribution is 2.31. The summed E-state index contributed by atoms with van der Waals surface area (Å²) in [6.45, 7) is 1.88. The molecule has 0 radical (unpaired) electrons. The Labute approximate surface area is 112 Å².